The number of hydrogen-bond acceptors (Lipinski definition) is 9. The Balaban J connectivity index is 3.11. The average Bonchev–Trinajstić information content (AvgIpc) is 2.46. The predicted octanol–water partition coefficient (Wildman–Crippen LogP) is -0.757. The summed E-state index contributed by atoms with van der Waals surface area (Å²) < 4.78 is 31.4. The highest BCUT2D eigenvalue weighted by Crippen LogP contribution is 2.29. The molecule has 0 amide bonds. The van der Waals surface area contributed by atoms with Gasteiger partial charge in [-0.25, -0.2) is 0 Å². The van der Waals surface area contributed by atoms with Crippen molar-refractivity contribution in [2.24, 2.45) is 0 Å². The van der Waals surface area contributed by atoms with Crippen molar-refractivity contribution in [2.45, 2.75) is 50.7 Å². The summed E-state index contributed by atoms with van der Waals surface area (Å²) in [6, 6.07) is 0. The van der Waals surface area contributed by atoms with Gasteiger partial charge in [0.15, 0.2) is 18.5 Å². The summed E-state index contributed by atoms with van der Waals surface area (Å²) in [6.45, 7) is 2.45. The zero-order valence-electron chi connectivity index (χ0n) is 13.9. The van der Waals surface area contributed by atoms with E-state index < -0.39 is 48.7 Å². The van der Waals surface area contributed by atoms with Crippen molar-refractivity contribution < 1.29 is 43.1 Å². The average molecular weight is 336 g/mol. The molecule has 0 spiro atoms. The van der Waals surface area contributed by atoms with Crippen molar-refractivity contribution >= 4 is 11.9 Å². The molecule has 1 aliphatic heterocycles. The Morgan fingerprint density at radius 1 is 1.04 bits per heavy atom. The quantitative estimate of drug-likeness (QED) is 0.600. The van der Waals surface area contributed by atoms with Gasteiger partial charge >= 0.3 is 11.9 Å². The number of rotatable bonds is 7. The third-order valence-electron chi connectivity index (χ3n) is 3.41. The largest absolute Gasteiger partial charge is 0.457 e. The van der Waals surface area contributed by atoms with E-state index in [0.29, 0.717) is 0 Å². The monoisotopic (exact) mass is 336 g/mol. The van der Waals surface area contributed by atoms with Crippen LogP contribution in [0.1, 0.15) is 13.8 Å². The first-order valence-electron chi connectivity index (χ1n) is 7.08. The molecule has 9 heteroatoms. The van der Waals surface area contributed by atoms with Gasteiger partial charge in [0.05, 0.1) is 6.61 Å². The molecule has 1 saturated heterocycles. The summed E-state index contributed by atoms with van der Waals surface area (Å²) in [5.74, 6) is -1.13. The van der Waals surface area contributed by atoms with Gasteiger partial charge in [-0.3, -0.25) is 9.59 Å². The van der Waals surface area contributed by atoms with Crippen molar-refractivity contribution in [1.82, 2.24) is 0 Å². The van der Waals surface area contributed by atoms with Crippen LogP contribution in [0, 0.1) is 0 Å². The molecule has 0 saturated carbocycles. The van der Waals surface area contributed by atoms with Gasteiger partial charge in [0.25, 0.3) is 0 Å². The van der Waals surface area contributed by atoms with E-state index in [0.717, 1.165) is 0 Å². The van der Waals surface area contributed by atoms with E-state index in [4.69, 9.17) is 28.4 Å². The molecule has 1 fully saturated rings. The molecule has 6 atom stereocenters. The highest BCUT2D eigenvalue weighted by atomic mass is 16.7. The van der Waals surface area contributed by atoms with E-state index in [1.807, 2.05) is 0 Å². The summed E-state index contributed by atoms with van der Waals surface area (Å²) in [6.07, 6.45) is -5.86. The summed E-state index contributed by atoms with van der Waals surface area (Å²) in [4.78, 5) is 22.7. The molecule has 9 nitrogen and oxygen atoms in total. The smallest absolute Gasteiger partial charge is 0.303 e. The first kappa shape index (κ1) is 19.8. The lowest BCUT2D eigenvalue weighted by Gasteiger charge is -2.44. The molecule has 0 aromatic carbocycles. The SMILES string of the molecule is COCC(OC(C)=O)C1OC(O)C(OC)C(OC)C1OC(C)=O. The van der Waals surface area contributed by atoms with E-state index >= 15 is 0 Å². The van der Waals surface area contributed by atoms with Crippen LogP contribution in [-0.4, -0.2) is 81.8 Å². The maximum Gasteiger partial charge on any atom is 0.303 e. The number of aliphatic hydroxyl groups excluding tert-OH is 1. The number of ether oxygens (including phenoxy) is 6. The molecule has 0 aliphatic carbocycles. The lowest BCUT2D eigenvalue weighted by Crippen LogP contribution is -2.63. The fourth-order valence-corrected chi connectivity index (χ4v) is 2.57. The molecule has 134 valence electrons. The van der Waals surface area contributed by atoms with Crippen LogP contribution < -0.4 is 0 Å². The fraction of sp³-hybridized carbons (Fsp3) is 0.857. The van der Waals surface area contributed by atoms with Crippen LogP contribution in [0.2, 0.25) is 0 Å². The molecule has 1 N–H and O–H groups in total. The molecule has 23 heavy (non-hydrogen) atoms. The van der Waals surface area contributed by atoms with E-state index in [1.54, 1.807) is 0 Å². The number of carbonyl (C=O) groups excluding carboxylic acids is 2. The van der Waals surface area contributed by atoms with Gasteiger partial charge in [0.1, 0.15) is 18.3 Å². The Hall–Kier alpha value is -1.26. The number of methoxy groups -OCH3 is 3. The van der Waals surface area contributed by atoms with Crippen LogP contribution >= 0.6 is 0 Å². The van der Waals surface area contributed by atoms with Crippen LogP contribution in [0.4, 0.5) is 0 Å². The third kappa shape index (κ3) is 5.11. The van der Waals surface area contributed by atoms with Gasteiger partial charge in [-0.2, -0.15) is 0 Å². The maximum absolute atomic E-state index is 11.4. The van der Waals surface area contributed by atoms with Crippen LogP contribution in [0.5, 0.6) is 0 Å². The zero-order chi connectivity index (χ0) is 17.6. The first-order valence-corrected chi connectivity index (χ1v) is 7.08. The van der Waals surface area contributed by atoms with Crippen molar-refractivity contribution in [1.29, 1.82) is 0 Å². The molecule has 0 aromatic rings. The standard InChI is InChI=1S/C14H24O9/c1-7(15)21-9(6-18-3)10-12(22-8(2)16)11(19-4)13(20-5)14(17)23-10/h9-14,17H,6H2,1-5H3. The van der Waals surface area contributed by atoms with Gasteiger partial charge in [-0.05, 0) is 0 Å². The summed E-state index contributed by atoms with van der Waals surface area (Å²) in [5.41, 5.74) is 0. The Bertz CT molecular complexity index is 400. The lowest BCUT2D eigenvalue weighted by molar-refractivity contribution is -0.310. The summed E-state index contributed by atoms with van der Waals surface area (Å²) in [7, 11) is 4.18. The first-order chi connectivity index (χ1) is 10.8. The van der Waals surface area contributed by atoms with Crippen molar-refractivity contribution in [3.63, 3.8) is 0 Å². The van der Waals surface area contributed by atoms with Gasteiger partial charge < -0.3 is 33.5 Å². The summed E-state index contributed by atoms with van der Waals surface area (Å²) in [5, 5.41) is 10.1. The Kier molecular flexibility index (Phi) is 7.86. The van der Waals surface area contributed by atoms with Crippen LogP contribution in [0.25, 0.3) is 0 Å². The van der Waals surface area contributed by atoms with Crippen LogP contribution in [0.15, 0.2) is 0 Å². The second kappa shape index (κ2) is 9.14. The Morgan fingerprint density at radius 2 is 1.65 bits per heavy atom. The summed E-state index contributed by atoms with van der Waals surface area (Å²) >= 11 is 0. The van der Waals surface area contributed by atoms with E-state index in [2.05, 4.69) is 0 Å². The predicted molar refractivity (Wildman–Crippen MR) is 75.5 cm³/mol. The molecule has 1 heterocycles. The molecule has 1 rings (SSSR count). The van der Waals surface area contributed by atoms with Gasteiger partial charge in [-0.15, -0.1) is 0 Å². The molecule has 0 radical (unpaired) electrons. The maximum atomic E-state index is 11.4. The van der Waals surface area contributed by atoms with Crippen molar-refractivity contribution in [3.05, 3.63) is 0 Å². The minimum absolute atomic E-state index is 0.0111. The van der Waals surface area contributed by atoms with Crippen molar-refractivity contribution in [2.75, 3.05) is 27.9 Å². The molecule has 6 unspecified atom stereocenters. The molecular weight excluding hydrogens is 312 g/mol. The minimum Gasteiger partial charge on any atom is -0.457 e. The van der Waals surface area contributed by atoms with Crippen LogP contribution in [-0.2, 0) is 38.0 Å². The van der Waals surface area contributed by atoms with E-state index in [9.17, 15) is 14.7 Å². The highest BCUT2D eigenvalue weighted by Gasteiger charge is 2.51. The number of aliphatic hydroxyl groups is 1. The topological polar surface area (TPSA) is 110 Å². The number of hydrogen-bond donors (Lipinski definition) is 1. The fourth-order valence-electron chi connectivity index (χ4n) is 2.57. The Labute approximate surface area is 134 Å². The van der Waals surface area contributed by atoms with Crippen molar-refractivity contribution in [3.8, 4) is 0 Å². The van der Waals surface area contributed by atoms with E-state index in [1.165, 1.54) is 35.2 Å². The third-order valence-corrected chi connectivity index (χ3v) is 3.41. The van der Waals surface area contributed by atoms with Gasteiger partial charge in [0, 0.05) is 35.2 Å². The van der Waals surface area contributed by atoms with Gasteiger partial charge in [-0.1, -0.05) is 0 Å². The minimum atomic E-state index is -1.35. The zero-order valence-corrected chi connectivity index (χ0v) is 13.9. The second-order valence-corrected chi connectivity index (χ2v) is 5.07. The molecule has 0 bridgehead atoms. The molecular formula is C14H24O9. The second-order valence-electron chi connectivity index (χ2n) is 5.07. The number of esters is 2. The van der Waals surface area contributed by atoms with E-state index in [-0.39, 0.29) is 6.61 Å². The van der Waals surface area contributed by atoms with Crippen LogP contribution in [0.3, 0.4) is 0 Å². The normalized spacial score (nSPS) is 32.2. The van der Waals surface area contributed by atoms with Gasteiger partial charge in [0.2, 0.25) is 0 Å². The lowest BCUT2D eigenvalue weighted by atomic mass is 9.94. The number of carbonyl (C=O) groups is 2. The highest BCUT2D eigenvalue weighted by molar-refractivity contribution is 5.67. The molecule has 0 aromatic heterocycles. The molecule has 1 aliphatic rings. The Morgan fingerprint density at radius 3 is 2.09 bits per heavy atom.